The van der Waals surface area contributed by atoms with Crippen molar-refractivity contribution < 1.29 is 18.8 Å². The van der Waals surface area contributed by atoms with Crippen LogP contribution in [0, 0.1) is 0 Å². The Labute approximate surface area is 151 Å². The van der Waals surface area contributed by atoms with E-state index < -0.39 is 0 Å². The van der Waals surface area contributed by atoms with Gasteiger partial charge in [0.1, 0.15) is 18.0 Å². The summed E-state index contributed by atoms with van der Waals surface area (Å²) < 4.78 is 16.6. The van der Waals surface area contributed by atoms with E-state index in [1.165, 1.54) is 4.90 Å². The normalized spacial score (nSPS) is 13.4. The topological polar surface area (TPSA) is 61.8 Å². The Morgan fingerprint density at radius 1 is 1.20 bits per heavy atom. The first-order valence-electron chi connectivity index (χ1n) is 8.03. The summed E-state index contributed by atoms with van der Waals surface area (Å²) >= 11 is 1.59. The lowest BCUT2D eigenvalue weighted by Gasteiger charge is -2.20. The minimum absolute atomic E-state index is 0.0630. The lowest BCUT2D eigenvalue weighted by molar-refractivity contribution is -0.925. The SMILES string of the molecule is COc1ccc(C[NH+](C)[C@@H](C)c2nnc(-c3cccs3)o2)c(OC)c1. The highest BCUT2D eigenvalue weighted by Crippen LogP contribution is 2.25. The van der Waals surface area contributed by atoms with Gasteiger partial charge < -0.3 is 18.8 Å². The number of nitrogens with one attached hydrogen (secondary N) is 1. The first-order valence-corrected chi connectivity index (χ1v) is 8.90. The molecular formula is C18H22N3O3S+. The molecule has 6 nitrogen and oxygen atoms in total. The van der Waals surface area contributed by atoms with Crippen molar-refractivity contribution >= 4 is 11.3 Å². The quantitative estimate of drug-likeness (QED) is 0.702. The number of methoxy groups -OCH3 is 2. The average molecular weight is 360 g/mol. The van der Waals surface area contributed by atoms with E-state index >= 15 is 0 Å². The van der Waals surface area contributed by atoms with Crippen LogP contribution in [-0.2, 0) is 6.54 Å². The Morgan fingerprint density at radius 3 is 2.72 bits per heavy atom. The molecule has 0 saturated carbocycles. The lowest BCUT2D eigenvalue weighted by Crippen LogP contribution is -3.07. The Balaban J connectivity index is 1.74. The molecule has 0 aliphatic rings. The maximum absolute atomic E-state index is 5.86. The number of nitrogens with zero attached hydrogens (tertiary/aromatic N) is 2. The first kappa shape index (κ1) is 17.4. The van der Waals surface area contributed by atoms with Crippen LogP contribution in [-0.4, -0.2) is 31.5 Å². The van der Waals surface area contributed by atoms with E-state index in [2.05, 4.69) is 24.2 Å². The number of rotatable bonds is 7. The summed E-state index contributed by atoms with van der Waals surface area (Å²) in [6.45, 7) is 2.85. The third-order valence-corrected chi connectivity index (χ3v) is 5.10. The lowest BCUT2D eigenvalue weighted by atomic mass is 10.1. The van der Waals surface area contributed by atoms with Crippen LogP contribution in [0.15, 0.2) is 40.1 Å². The molecule has 0 bridgehead atoms. The number of hydrogen-bond acceptors (Lipinski definition) is 6. The van der Waals surface area contributed by atoms with Gasteiger partial charge in [0.15, 0.2) is 6.04 Å². The molecule has 0 aliphatic heterocycles. The predicted octanol–water partition coefficient (Wildman–Crippen LogP) is 2.59. The van der Waals surface area contributed by atoms with Crippen molar-refractivity contribution in [2.75, 3.05) is 21.3 Å². The first-order chi connectivity index (χ1) is 12.1. The summed E-state index contributed by atoms with van der Waals surface area (Å²) in [6.07, 6.45) is 0. The smallest absolute Gasteiger partial charge is 0.274 e. The number of benzene rings is 1. The van der Waals surface area contributed by atoms with E-state index in [9.17, 15) is 0 Å². The largest absolute Gasteiger partial charge is 0.497 e. The molecule has 132 valence electrons. The van der Waals surface area contributed by atoms with Crippen LogP contribution in [0.5, 0.6) is 11.5 Å². The third kappa shape index (κ3) is 3.83. The molecule has 2 atom stereocenters. The highest BCUT2D eigenvalue weighted by Gasteiger charge is 2.24. The summed E-state index contributed by atoms with van der Waals surface area (Å²) in [5.41, 5.74) is 1.10. The molecule has 1 N–H and O–H groups in total. The highest BCUT2D eigenvalue weighted by atomic mass is 32.1. The van der Waals surface area contributed by atoms with Crippen molar-refractivity contribution in [2.45, 2.75) is 19.5 Å². The van der Waals surface area contributed by atoms with E-state index in [1.54, 1.807) is 25.6 Å². The standard InChI is InChI=1S/C18H21N3O3S/c1-12(17-19-20-18(24-17)16-6-5-9-25-16)21(2)11-13-7-8-14(22-3)10-15(13)23-4/h5-10,12H,11H2,1-4H3/p+1/t12-/m0/s1. The molecule has 3 aromatic rings. The van der Waals surface area contributed by atoms with Crippen LogP contribution in [0.1, 0.15) is 24.4 Å². The van der Waals surface area contributed by atoms with E-state index in [0.717, 1.165) is 28.5 Å². The fourth-order valence-electron chi connectivity index (χ4n) is 2.57. The monoisotopic (exact) mass is 360 g/mol. The molecule has 0 amide bonds. The fourth-order valence-corrected chi connectivity index (χ4v) is 3.22. The van der Waals surface area contributed by atoms with Gasteiger partial charge in [0.05, 0.1) is 26.1 Å². The number of thiophene rings is 1. The predicted molar refractivity (Wildman–Crippen MR) is 96.2 cm³/mol. The summed E-state index contributed by atoms with van der Waals surface area (Å²) in [5, 5.41) is 10.4. The van der Waals surface area contributed by atoms with Crippen molar-refractivity contribution in [3.05, 3.63) is 47.2 Å². The maximum Gasteiger partial charge on any atom is 0.274 e. The minimum atomic E-state index is 0.0630. The van der Waals surface area contributed by atoms with Crippen LogP contribution >= 0.6 is 11.3 Å². The summed E-state index contributed by atoms with van der Waals surface area (Å²) in [6, 6.07) is 9.88. The Kier molecular flexibility index (Phi) is 5.35. The molecule has 0 radical (unpaired) electrons. The van der Waals surface area contributed by atoms with Gasteiger partial charge in [-0.15, -0.1) is 21.5 Å². The van der Waals surface area contributed by atoms with E-state index in [0.29, 0.717) is 11.8 Å². The van der Waals surface area contributed by atoms with Crippen LogP contribution in [0.3, 0.4) is 0 Å². The van der Waals surface area contributed by atoms with Crippen molar-refractivity contribution in [1.82, 2.24) is 10.2 Å². The van der Waals surface area contributed by atoms with Gasteiger partial charge >= 0.3 is 0 Å². The van der Waals surface area contributed by atoms with Crippen LogP contribution in [0.25, 0.3) is 10.8 Å². The molecule has 2 aromatic heterocycles. The van der Waals surface area contributed by atoms with Crippen molar-refractivity contribution in [1.29, 1.82) is 0 Å². The Morgan fingerprint density at radius 2 is 2.04 bits per heavy atom. The third-order valence-electron chi connectivity index (χ3n) is 4.25. The molecule has 0 aliphatic carbocycles. The number of quaternary nitrogens is 1. The molecule has 25 heavy (non-hydrogen) atoms. The molecule has 0 spiro atoms. The van der Waals surface area contributed by atoms with Gasteiger partial charge in [0.2, 0.25) is 0 Å². The summed E-state index contributed by atoms with van der Waals surface area (Å²) in [7, 11) is 5.42. The van der Waals surface area contributed by atoms with Gasteiger partial charge in [-0.05, 0) is 30.5 Å². The summed E-state index contributed by atoms with van der Waals surface area (Å²) in [5.74, 6) is 2.81. The molecule has 1 unspecified atom stereocenters. The molecule has 1 aromatic carbocycles. The van der Waals surface area contributed by atoms with Crippen molar-refractivity contribution in [3.8, 4) is 22.3 Å². The van der Waals surface area contributed by atoms with Gasteiger partial charge in [-0.1, -0.05) is 6.07 Å². The molecule has 2 heterocycles. The zero-order valence-corrected chi connectivity index (χ0v) is 15.6. The zero-order valence-electron chi connectivity index (χ0n) is 14.8. The Bertz CT molecular complexity index is 817. The van der Waals surface area contributed by atoms with Crippen LogP contribution < -0.4 is 14.4 Å². The van der Waals surface area contributed by atoms with Gasteiger partial charge in [0, 0.05) is 11.6 Å². The number of aromatic nitrogens is 2. The van der Waals surface area contributed by atoms with Crippen LogP contribution in [0.2, 0.25) is 0 Å². The second-order valence-electron chi connectivity index (χ2n) is 5.85. The van der Waals surface area contributed by atoms with Gasteiger partial charge in [-0.2, -0.15) is 0 Å². The molecule has 0 saturated heterocycles. The van der Waals surface area contributed by atoms with Crippen molar-refractivity contribution in [3.63, 3.8) is 0 Å². The Hall–Kier alpha value is -2.38. The average Bonchev–Trinajstić information content (AvgIpc) is 3.32. The van der Waals surface area contributed by atoms with E-state index in [4.69, 9.17) is 13.9 Å². The minimum Gasteiger partial charge on any atom is -0.497 e. The second-order valence-corrected chi connectivity index (χ2v) is 6.79. The zero-order chi connectivity index (χ0) is 17.8. The summed E-state index contributed by atoms with van der Waals surface area (Å²) in [4.78, 5) is 2.21. The van der Waals surface area contributed by atoms with Crippen LogP contribution in [0.4, 0.5) is 0 Å². The molecular weight excluding hydrogens is 338 g/mol. The van der Waals surface area contributed by atoms with Gasteiger partial charge in [0.25, 0.3) is 11.8 Å². The van der Waals surface area contributed by atoms with E-state index in [1.807, 2.05) is 35.7 Å². The van der Waals surface area contributed by atoms with E-state index in [-0.39, 0.29) is 6.04 Å². The number of hydrogen-bond donors (Lipinski definition) is 1. The fraction of sp³-hybridized carbons (Fsp3) is 0.333. The van der Waals surface area contributed by atoms with Crippen molar-refractivity contribution in [2.24, 2.45) is 0 Å². The molecule has 0 fully saturated rings. The van der Waals surface area contributed by atoms with Gasteiger partial charge in [-0.3, -0.25) is 0 Å². The molecule has 3 rings (SSSR count). The van der Waals surface area contributed by atoms with Gasteiger partial charge in [-0.25, -0.2) is 0 Å². The maximum atomic E-state index is 5.86. The number of ether oxygens (including phenoxy) is 2. The molecule has 7 heteroatoms. The highest BCUT2D eigenvalue weighted by molar-refractivity contribution is 7.13. The second kappa shape index (κ2) is 7.67.